The summed E-state index contributed by atoms with van der Waals surface area (Å²) in [5.74, 6) is 0. The summed E-state index contributed by atoms with van der Waals surface area (Å²) in [7, 11) is 0. The van der Waals surface area contributed by atoms with Crippen molar-refractivity contribution in [2.24, 2.45) is 0 Å². The quantitative estimate of drug-likeness (QED) is 0.617. The summed E-state index contributed by atoms with van der Waals surface area (Å²) in [4.78, 5) is 12.6. The first kappa shape index (κ1) is 16.5. The van der Waals surface area contributed by atoms with Gasteiger partial charge in [0.15, 0.2) is 6.29 Å². The number of amides is 1. The summed E-state index contributed by atoms with van der Waals surface area (Å²) in [6.45, 7) is 1.71. The van der Waals surface area contributed by atoms with E-state index in [9.17, 15) is 9.90 Å². The summed E-state index contributed by atoms with van der Waals surface area (Å²) in [5, 5.41) is 9.25. The average Bonchev–Trinajstić information content (AvgIpc) is 2.55. The number of hydrogen-bond acceptors (Lipinski definition) is 3. The molecule has 1 aromatic rings. The van der Waals surface area contributed by atoms with Crippen molar-refractivity contribution in [3.63, 3.8) is 0 Å². The summed E-state index contributed by atoms with van der Waals surface area (Å²) in [6.07, 6.45) is 6.76. The fraction of sp³-hybridized carbons (Fsp3) is 0.471. The van der Waals surface area contributed by atoms with E-state index >= 15 is 0 Å². The monoisotopic (exact) mass is 305 g/mol. The van der Waals surface area contributed by atoms with Gasteiger partial charge in [-0.1, -0.05) is 30.4 Å². The molecular weight excluding hydrogens is 282 g/mol. The van der Waals surface area contributed by atoms with Gasteiger partial charge in [0.1, 0.15) is 0 Å². The first-order chi connectivity index (χ1) is 10.8. The normalized spacial score (nSPS) is 18.5. The summed E-state index contributed by atoms with van der Waals surface area (Å²) in [5.41, 5.74) is 0.673. The van der Waals surface area contributed by atoms with Crippen LogP contribution in [0.2, 0.25) is 0 Å². The van der Waals surface area contributed by atoms with Crippen LogP contribution in [0.1, 0.15) is 25.7 Å². The molecule has 0 bridgehead atoms. The predicted molar refractivity (Wildman–Crippen MR) is 85.1 cm³/mol. The molecule has 1 aliphatic heterocycles. The number of para-hydroxylation sites is 1. The first-order valence-electron chi connectivity index (χ1n) is 7.71. The van der Waals surface area contributed by atoms with Gasteiger partial charge in [-0.3, -0.25) is 4.90 Å². The van der Waals surface area contributed by atoms with E-state index in [-0.39, 0.29) is 6.29 Å². The van der Waals surface area contributed by atoms with Crippen LogP contribution in [-0.4, -0.2) is 37.2 Å². The Morgan fingerprint density at radius 2 is 2.14 bits per heavy atom. The van der Waals surface area contributed by atoms with Crippen LogP contribution in [0.5, 0.6) is 0 Å². The van der Waals surface area contributed by atoms with Crippen molar-refractivity contribution >= 4 is 11.8 Å². The van der Waals surface area contributed by atoms with Gasteiger partial charge in [-0.2, -0.15) is 0 Å². The zero-order valence-electron chi connectivity index (χ0n) is 12.7. The van der Waals surface area contributed by atoms with Crippen LogP contribution in [0.15, 0.2) is 42.5 Å². The zero-order valence-corrected chi connectivity index (χ0v) is 12.7. The van der Waals surface area contributed by atoms with E-state index in [2.05, 4.69) is 0 Å². The standard InChI is InChI=1S/C17H23NO4/c19-17(20)18(15-9-3-1-4-10-15)12-6-2-7-13-21-16-11-5-8-14-22-16/h1-4,6,9-10,16H,5,7-8,11-14H2,(H,19,20)/b6-2+. The van der Waals surface area contributed by atoms with E-state index in [0.717, 1.165) is 32.3 Å². The third-order valence-electron chi connectivity index (χ3n) is 3.48. The maximum Gasteiger partial charge on any atom is 0.412 e. The van der Waals surface area contributed by atoms with E-state index in [1.54, 1.807) is 12.1 Å². The lowest BCUT2D eigenvalue weighted by molar-refractivity contribution is -0.161. The Labute approximate surface area is 131 Å². The molecule has 5 heteroatoms. The Bertz CT molecular complexity index is 469. The molecule has 1 aliphatic rings. The first-order valence-corrected chi connectivity index (χ1v) is 7.71. The fourth-order valence-corrected chi connectivity index (χ4v) is 2.31. The van der Waals surface area contributed by atoms with Crippen molar-refractivity contribution in [1.29, 1.82) is 0 Å². The zero-order chi connectivity index (χ0) is 15.6. The fourth-order valence-electron chi connectivity index (χ4n) is 2.31. The Morgan fingerprint density at radius 1 is 1.32 bits per heavy atom. The molecule has 22 heavy (non-hydrogen) atoms. The minimum absolute atomic E-state index is 0.0676. The van der Waals surface area contributed by atoms with Crippen molar-refractivity contribution in [1.82, 2.24) is 0 Å². The van der Waals surface area contributed by atoms with Crippen molar-refractivity contribution in [2.45, 2.75) is 32.0 Å². The molecule has 2 rings (SSSR count). The van der Waals surface area contributed by atoms with Crippen molar-refractivity contribution in [3.05, 3.63) is 42.5 Å². The minimum atomic E-state index is -0.956. The maximum absolute atomic E-state index is 11.3. The minimum Gasteiger partial charge on any atom is -0.465 e. The Morgan fingerprint density at radius 3 is 2.82 bits per heavy atom. The molecule has 120 valence electrons. The lowest BCUT2D eigenvalue weighted by Gasteiger charge is -2.22. The van der Waals surface area contributed by atoms with Gasteiger partial charge in [0.25, 0.3) is 0 Å². The van der Waals surface area contributed by atoms with Crippen LogP contribution in [0.3, 0.4) is 0 Å². The van der Waals surface area contributed by atoms with E-state index in [0.29, 0.717) is 18.8 Å². The third kappa shape index (κ3) is 5.50. The van der Waals surface area contributed by atoms with Crippen molar-refractivity contribution < 1.29 is 19.4 Å². The van der Waals surface area contributed by atoms with Crippen LogP contribution in [0.4, 0.5) is 10.5 Å². The highest BCUT2D eigenvalue weighted by atomic mass is 16.7. The van der Waals surface area contributed by atoms with Gasteiger partial charge in [0.2, 0.25) is 0 Å². The highest BCUT2D eigenvalue weighted by Gasteiger charge is 2.13. The highest BCUT2D eigenvalue weighted by molar-refractivity contribution is 5.86. The number of carbonyl (C=O) groups is 1. The average molecular weight is 305 g/mol. The molecule has 1 heterocycles. The Kier molecular flexibility index (Phi) is 6.93. The molecule has 1 unspecified atom stereocenters. The number of hydrogen-bond donors (Lipinski definition) is 1. The summed E-state index contributed by atoms with van der Waals surface area (Å²) >= 11 is 0. The van der Waals surface area contributed by atoms with E-state index in [1.807, 2.05) is 30.4 Å². The molecule has 1 atom stereocenters. The highest BCUT2D eigenvalue weighted by Crippen LogP contribution is 2.14. The molecule has 1 N–H and O–H groups in total. The number of rotatable bonds is 7. The van der Waals surface area contributed by atoms with Crippen LogP contribution in [-0.2, 0) is 9.47 Å². The number of benzene rings is 1. The second-order valence-corrected chi connectivity index (χ2v) is 5.16. The molecule has 0 aromatic heterocycles. The van der Waals surface area contributed by atoms with Crippen LogP contribution >= 0.6 is 0 Å². The third-order valence-corrected chi connectivity index (χ3v) is 3.48. The molecule has 1 aromatic carbocycles. The molecule has 0 aliphatic carbocycles. The number of anilines is 1. The van der Waals surface area contributed by atoms with Crippen molar-refractivity contribution in [3.8, 4) is 0 Å². The molecule has 0 saturated carbocycles. The predicted octanol–water partition coefficient (Wildman–Crippen LogP) is 3.66. The van der Waals surface area contributed by atoms with Gasteiger partial charge < -0.3 is 14.6 Å². The molecule has 0 radical (unpaired) electrons. The molecular formula is C17H23NO4. The summed E-state index contributed by atoms with van der Waals surface area (Å²) in [6, 6.07) is 9.08. The molecule has 1 saturated heterocycles. The lowest BCUT2D eigenvalue weighted by Crippen LogP contribution is -2.29. The molecule has 0 spiro atoms. The van der Waals surface area contributed by atoms with Gasteiger partial charge in [0, 0.05) is 18.8 Å². The van der Waals surface area contributed by atoms with E-state index < -0.39 is 6.09 Å². The van der Waals surface area contributed by atoms with E-state index in [4.69, 9.17) is 9.47 Å². The Balaban J connectivity index is 1.69. The second-order valence-electron chi connectivity index (χ2n) is 5.16. The largest absolute Gasteiger partial charge is 0.465 e. The smallest absolute Gasteiger partial charge is 0.412 e. The van der Waals surface area contributed by atoms with Gasteiger partial charge in [-0.15, -0.1) is 0 Å². The SMILES string of the molecule is O=C(O)N(C/C=C/CCOC1CCCCO1)c1ccccc1. The van der Waals surface area contributed by atoms with Gasteiger partial charge in [-0.05, 0) is 37.8 Å². The van der Waals surface area contributed by atoms with Crippen LogP contribution < -0.4 is 4.90 Å². The summed E-state index contributed by atoms with van der Waals surface area (Å²) < 4.78 is 11.1. The van der Waals surface area contributed by atoms with Gasteiger partial charge >= 0.3 is 6.09 Å². The molecule has 5 nitrogen and oxygen atoms in total. The van der Waals surface area contributed by atoms with E-state index in [1.165, 1.54) is 4.90 Å². The number of ether oxygens (including phenoxy) is 2. The number of carboxylic acid groups (broad SMARTS) is 1. The number of nitrogens with zero attached hydrogens (tertiary/aromatic N) is 1. The van der Waals surface area contributed by atoms with Crippen molar-refractivity contribution in [2.75, 3.05) is 24.7 Å². The maximum atomic E-state index is 11.3. The Hall–Kier alpha value is -1.85. The molecule has 1 fully saturated rings. The topological polar surface area (TPSA) is 59.0 Å². The van der Waals surface area contributed by atoms with Crippen LogP contribution in [0, 0.1) is 0 Å². The van der Waals surface area contributed by atoms with Crippen LogP contribution in [0.25, 0.3) is 0 Å². The molecule has 1 amide bonds. The lowest BCUT2D eigenvalue weighted by atomic mass is 10.2. The van der Waals surface area contributed by atoms with Gasteiger partial charge in [-0.25, -0.2) is 4.79 Å². The second kappa shape index (κ2) is 9.23. The van der Waals surface area contributed by atoms with Gasteiger partial charge in [0.05, 0.1) is 6.61 Å².